The molecule has 2 aromatic rings. The number of pyridine rings is 1. The van der Waals surface area contributed by atoms with E-state index in [0.29, 0.717) is 30.1 Å². The van der Waals surface area contributed by atoms with Crippen molar-refractivity contribution in [1.82, 2.24) is 9.88 Å². The Kier molecular flexibility index (Phi) is 6.63. The standard InChI is InChI=1S/C20H20N2O5.C4H9NO2/c23-20(24)27-18-14-9-22(10-15(14)18)8-12-3-5-13(6-4-12)17-11-25-16-2-1-7-21-19(16)26-17;1-4(2,7)3(5)6/h1-7,14-15,17-18H,8-11H2,(H,23,24);7H,1-2H3,(H2,5,6)/t14-,15+,17-,18?;/m1./s1. The van der Waals surface area contributed by atoms with Crippen LogP contribution < -0.4 is 15.2 Å². The van der Waals surface area contributed by atoms with Gasteiger partial charge in [-0.25, -0.2) is 9.78 Å². The summed E-state index contributed by atoms with van der Waals surface area (Å²) in [4.78, 5) is 27.2. The van der Waals surface area contributed by atoms with Crippen LogP contribution in [-0.2, 0) is 16.1 Å². The van der Waals surface area contributed by atoms with E-state index >= 15 is 0 Å². The Labute approximate surface area is 197 Å². The molecule has 1 saturated carbocycles. The number of carboxylic acid groups (broad SMARTS) is 1. The second kappa shape index (κ2) is 9.47. The molecule has 3 heterocycles. The number of carbonyl (C=O) groups is 2. The molecule has 0 spiro atoms. The van der Waals surface area contributed by atoms with Crippen LogP contribution in [-0.4, -0.2) is 63.6 Å². The Morgan fingerprint density at radius 2 is 1.85 bits per heavy atom. The van der Waals surface area contributed by atoms with Gasteiger partial charge >= 0.3 is 6.16 Å². The summed E-state index contributed by atoms with van der Waals surface area (Å²) in [6, 6.07) is 12.1. The van der Waals surface area contributed by atoms with Crippen molar-refractivity contribution in [3.63, 3.8) is 0 Å². The largest absolute Gasteiger partial charge is 0.506 e. The van der Waals surface area contributed by atoms with Crippen molar-refractivity contribution in [1.29, 1.82) is 0 Å². The Morgan fingerprint density at radius 1 is 1.21 bits per heavy atom. The number of nitrogens with two attached hydrogens (primary N) is 1. The molecule has 1 aromatic carbocycles. The summed E-state index contributed by atoms with van der Waals surface area (Å²) >= 11 is 0. The van der Waals surface area contributed by atoms with E-state index in [2.05, 4.69) is 39.9 Å². The van der Waals surface area contributed by atoms with Gasteiger partial charge < -0.3 is 30.2 Å². The van der Waals surface area contributed by atoms with E-state index in [-0.39, 0.29) is 12.2 Å². The van der Waals surface area contributed by atoms with Crippen molar-refractivity contribution < 1.29 is 34.0 Å². The zero-order valence-electron chi connectivity index (χ0n) is 19.1. The van der Waals surface area contributed by atoms with Crippen LogP contribution in [0.5, 0.6) is 11.6 Å². The van der Waals surface area contributed by atoms with E-state index < -0.39 is 17.7 Å². The van der Waals surface area contributed by atoms with Gasteiger partial charge in [0.15, 0.2) is 11.9 Å². The number of piperidine rings is 1. The number of nitrogens with zero attached hydrogens (tertiary/aromatic N) is 2. The summed E-state index contributed by atoms with van der Waals surface area (Å²) in [5, 5.41) is 17.3. The van der Waals surface area contributed by atoms with E-state index in [0.717, 1.165) is 25.2 Å². The molecular formula is C24H29N3O7. The second-order valence-electron chi connectivity index (χ2n) is 9.26. The molecule has 182 valence electrons. The summed E-state index contributed by atoms with van der Waals surface area (Å²) in [7, 11) is 0. The highest BCUT2D eigenvalue weighted by Crippen LogP contribution is 2.48. The Balaban J connectivity index is 0.000000344. The van der Waals surface area contributed by atoms with Gasteiger partial charge in [-0.15, -0.1) is 0 Å². The predicted molar refractivity (Wildman–Crippen MR) is 120 cm³/mol. The molecule has 1 aliphatic carbocycles. The van der Waals surface area contributed by atoms with E-state index in [9.17, 15) is 9.59 Å². The monoisotopic (exact) mass is 471 g/mol. The van der Waals surface area contributed by atoms with Gasteiger partial charge in [-0.1, -0.05) is 24.3 Å². The third-order valence-electron chi connectivity index (χ3n) is 6.17. The molecule has 1 unspecified atom stereocenters. The number of fused-ring (bicyclic) bond motifs is 2. The molecule has 3 aliphatic rings. The molecule has 1 aromatic heterocycles. The lowest BCUT2D eigenvalue weighted by atomic mass is 10.1. The van der Waals surface area contributed by atoms with Crippen LogP contribution in [0.25, 0.3) is 0 Å². The average Bonchev–Trinajstić information content (AvgIpc) is 3.22. The summed E-state index contributed by atoms with van der Waals surface area (Å²) in [6.07, 6.45) is 0.277. The summed E-state index contributed by atoms with van der Waals surface area (Å²) in [5.74, 6) is 1.24. The van der Waals surface area contributed by atoms with Gasteiger partial charge in [-0.3, -0.25) is 9.69 Å². The quantitative estimate of drug-likeness (QED) is 0.557. The van der Waals surface area contributed by atoms with Gasteiger partial charge in [0.1, 0.15) is 18.3 Å². The number of hydrogen-bond acceptors (Lipinski definition) is 8. The molecule has 2 fully saturated rings. The van der Waals surface area contributed by atoms with Gasteiger partial charge in [0, 0.05) is 37.7 Å². The zero-order chi connectivity index (χ0) is 24.5. The van der Waals surface area contributed by atoms with Crippen LogP contribution in [0.4, 0.5) is 4.79 Å². The Hall–Kier alpha value is -3.37. The van der Waals surface area contributed by atoms with Gasteiger partial charge in [0.2, 0.25) is 5.91 Å². The lowest BCUT2D eigenvalue weighted by Crippen LogP contribution is -2.37. The fraction of sp³-hybridized carbons (Fsp3) is 0.458. The highest BCUT2D eigenvalue weighted by molar-refractivity contribution is 5.81. The van der Waals surface area contributed by atoms with E-state index in [1.54, 1.807) is 6.20 Å². The molecule has 4 N–H and O–H groups in total. The minimum atomic E-state index is -1.36. The number of rotatable bonds is 5. The van der Waals surface area contributed by atoms with E-state index in [1.165, 1.54) is 19.4 Å². The summed E-state index contributed by atoms with van der Waals surface area (Å²) < 4.78 is 16.6. The first-order chi connectivity index (χ1) is 16.1. The van der Waals surface area contributed by atoms with Gasteiger partial charge in [0.05, 0.1) is 0 Å². The van der Waals surface area contributed by atoms with Crippen LogP contribution in [0.3, 0.4) is 0 Å². The number of primary amides is 1. The fourth-order valence-electron chi connectivity index (χ4n) is 4.15. The van der Waals surface area contributed by atoms with Crippen LogP contribution in [0.1, 0.15) is 31.1 Å². The van der Waals surface area contributed by atoms with Crippen LogP contribution >= 0.6 is 0 Å². The SMILES string of the molecule is CC(C)(O)C(N)=O.O=C(O)OC1[C@H]2CN(Cc3ccc([C@H]4COc5cccnc5O4)cc3)C[C@@H]12. The first kappa shape index (κ1) is 23.8. The number of likely N-dealkylation sites (tertiary alicyclic amines) is 1. The van der Waals surface area contributed by atoms with Crippen LogP contribution in [0.15, 0.2) is 42.6 Å². The number of carbonyl (C=O) groups excluding carboxylic acids is 1. The van der Waals surface area contributed by atoms with Crippen molar-refractivity contribution in [2.24, 2.45) is 17.6 Å². The Morgan fingerprint density at radius 3 is 2.44 bits per heavy atom. The minimum absolute atomic E-state index is 0.0962. The predicted octanol–water partition coefficient (Wildman–Crippen LogP) is 1.96. The topological polar surface area (TPSA) is 144 Å². The maximum atomic E-state index is 10.6. The maximum Gasteiger partial charge on any atom is 0.506 e. The van der Waals surface area contributed by atoms with Crippen molar-refractivity contribution >= 4 is 12.1 Å². The molecule has 4 atom stereocenters. The summed E-state index contributed by atoms with van der Waals surface area (Å²) in [6.45, 7) is 5.81. The molecule has 0 radical (unpaired) electrons. The molecule has 5 rings (SSSR count). The van der Waals surface area contributed by atoms with E-state index in [1.807, 2.05) is 12.1 Å². The van der Waals surface area contributed by atoms with Crippen LogP contribution in [0, 0.1) is 11.8 Å². The number of aromatic nitrogens is 1. The zero-order valence-corrected chi connectivity index (χ0v) is 19.1. The van der Waals surface area contributed by atoms with Gasteiger partial charge in [-0.05, 0) is 37.1 Å². The maximum absolute atomic E-state index is 10.6. The van der Waals surface area contributed by atoms with Crippen LogP contribution in [0.2, 0.25) is 0 Å². The third kappa shape index (κ3) is 5.57. The molecule has 10 nitrogen and oxygen atoms in total. The van der Waals surface area contributed by atoms with Crippen molar-refractivity contribution in [2.75, 3.05) is 19.7 Å². The molecule has 2 aliphatic heterocycles. The smallest absolute Gasteiger partial charge is 0.484 e. The number of benzene rings is 1. The minimum Gasteiger partial charge on any atom is -0.484 e. The lowest BCUT2D eigenvalue weighted by molar-refractivity contribution is -0.132. The second-order valence-corrected chi connectivity index (χ2v) is 9.26. The van der Waals surface area contributed by atoms with Gasteiger partial charge in [-0.2, -0.15) is 0 Å². The number of ether oxygens (including phenoxy) is 3. The first-order valence-electron chi connectivity index (χ1n) is 11.1. The molecule has 1 saturated heterocycles. The average molecular weight is 472 g/mol. The third-order valence-corrected chi connectivity index (χ3v) is 6.17. The fourth-order valence-corrected chi connectivity index (χ4v) is 4.15. The molecule has 10 heteroatoms. The highest BCUT2D eigenvalue weighted by Gasteiger charge is 2.58. The number of aliphatic hydroxyl groups is 1. The molecular weight excluding hydrogens is 442 g/mol. The molecule has 34 heavy (non-hydrogen) atoms. The van der Waals surface area contributed by atoms with E-state index in [4.69, 9.17) is 24.4 Å². The first-order valence-corrected chi connectivity index (χ1v) is 11.1. The summed E-state index contributed by atoms with van der Waals surface area (Å²) in [5.41, 5.74) is 5.61. The van der Waals surface area contributed by atoms with Crippen molar-refractivity contribution in [3.05, 3.63) is 53.7 Å². The van der Waals surface area contributed by atoms with Gasteiger partial charge in [0.25, 0.3) is 5.88 Å². The molecule has 0 bridgehead atoms. The lowest BCUT2D eigenvalue weighted by Gasteiger charge is -2.26. The molecule has 1 amide bonds. The number of hydrogen-bond donors (Lipinski definition) is 3. The van der Waals surface area contributed by atoms with Crippen molar-refractivity contribution in [2.45, 2.75) is 38.2 Å². The normalized spacial score (nSPS) is 24.9. The Bertz CT molecular complexity index is 1030. The highest BCUT2D eigenvalue weighted by atomic mass is 16.7. The number of amides is 1. The van der Waals surface area contributed by atoms with Crippen molar-refractivity contribution in [3.8, 4) is 11.6 Å².